The van der Waals surface area contributed by atoms with Crippen molar-refractivity contribution in [1.82, 2.24) is 0 Å². The monoisotopic (exact) mass is 242 g/mol. The van der Waals surface area contributed by atoms with E-state index >= 15 is 0 Å². The lowest BCUT2D eigenvalue weighted by Crippen LogP contribution is -1.95. The Balaban J connectivity index is 2.06. The van der Waals surface area contributed by atoms with E-state index in [1.54, 1.807) is 12.1 Å². The SMILES string of the molecule is Oc1ccc(CC2CO2)c(O)c1-c1ccccc1. The number of rotatable bonds is 3. The zero-order valence-corrected chi connectivity index (χ0v) is 9.84. The topological polar surface area (TPSA) is 53.0 Å². The summed E-state index contributed by atoms with van der Waals surface area (Å²) in [6, 6.07) is 12.8. The first-order chi connectivity index (χ1) is 8.75. The first kappa shape index (κ1) is 11.1. The molecule has 2 N–H and O–H groups in total. The van der Waals surface area contributed by atoms with E-state index in [0.29, 0.717) is 12.0 Å². The first-order valence-corrected chi connectivity index (χ1v) is 5.96. The van der Waals surface area contributed by atoms with Crippen molar-refractivity contribution in [3.63, 3.8) is 0 Å². The quantitative estimate of drug-likeness (QED) is 0.814. The fraction of sp³-hybridized carbons (Fsp3) is 0.200. The Labute approximate surface area is 105 Å². The molecular weight excluding hydrogens is 228 g/mol. The number of ether oxygens (including phenoxy) is 1. The highest BCUT2D eigenvalue weighted by Gasteiger charge is 2.25. The molecule has 18 heavy (non-hydrogen) atoms. The molecule has 3 heteroatoms. The van der Waals surface area contributed by atoms with Gasteiger partial charge in [-0.05, 0) is 17.2 Å². The number of phenols is 2. The van der Waals surface area contributed by atoms with E-state index in [4.69, 9.17) is 4.74 Å². The number of benzene rings is 2. The minimum absolute atomic E-state index is 0.0964. The average molecular weight is 242 g/mol. The van der Waals surface area contributed by atoms with Crippen LogP contribution < -0.4 is 0 Å². The third kappa shape index (κ3) is 2.05. The molecule has 3 nitrogen and oxygen atoms in total. The van der Waals surface area contributed by atoms with Gasteiger partial charge in [-0.3, -0.25) is 0 Å². The molecule has 0 aromatic heterocycles. The van der Waals surface area contributed by atoms with Crippen molar-refractivity contribution in [2.24, 2.45) is 0 Å². The highest BCUT2D eigenvalue weighted by Crippen LogP contribution is 2.40. The van der Waals surface area contributed by atoms with Crippen LogP contribution in [0.4, 0.5) is 0 Å². The average Bonchev–Trinajstić information content (AvgIpc) is 3.18. The van der Waals surface area contributed by atoms with Crippen molar-refractivity contribution in [3.05, 3.63) is 48.0 Å². The molecule has 1 heterocycles. The largest absolute Gasteiger partial charge is 0.507 e. The molecule has 2 aromatic carbocycles. The van der Waals surface area contributed by atoms with Gasteiger partial charge in [0.1, 0.15) is 11.5 Å². The number of epoxide rings is 1. The smallest absolute Gasteiger partial charge is 0.130 e. The summed E-state index contributed by atoms with van der Waals surface area (Å²) in [5.41, 5.74) is 2.12. The lowest BCUT2D eigenvalue weighted by Gasteiger charge is -2.11. The molecule has 92 valence electrons. The second-order valence-electron chi connectivity index (χ2n) is 4.49. The lowest BCUT2D eigenvalue weighted by atomic mass is 9.98. The maximum atomic E-state index is 10.3. The molecule has 0 amide bonds. The van der Waals surface area contributed by atoms with Crippen LogP contribution in [0.5, 0.6) is 11.5 Å². The third-order valence-corrected chi connectivity index (χ3v) is 3.15. The Bertz CT molecular complexity index is 559. The molecule has 1 aliphatic heterocycles. The van der Waals surface area contributed by atoms with Gasteiger partial charge in [0.05, 0.1) is 18.3 Å². The summed E-state index contributed by atoms with van der Waals surface area (Å²) in [5.74, 6) is 0.246. The van der Waals surface area contributed by atoms with E-state index in [1.165, 1.54) is 0 Å². The van der Waals surface area contributed by atoms with Crippen LogP contribution in [0.1, 0.15) is 5.56 Å². The van der Waals surface area contributed by atoms with Gasteiger partial charge in [0.15, 0.2) is 0 Å². The molecule has 2 aromatic rings. The zero-order chi connectivity index (χ0) is 12.5. The van der Waals surface area contributed by atoms with Crippen molar-refractivity contribution in [1.29, 1.82) is 0 Å². The first-order valence-electron chi connectivity index (χ1n) is 5.96. The molecule has 0 bridgehead atoms. The summed E-state index contributed by atoms with van der Waals surface area (Å²) in [6.45, 7) is 0.751. The van der Waals surface area contributed by atoms with Gasteiger partial charge in [-0.15, -0.1) is 0 Å². The fourth-order valence-corrected chi connectivity index (χ4v) is 2.11. The Morgan fingerprint density at radius 1 is 1.06 bits per heavy atom. The van der Waals surface area contributed by atoms with Crippen LogP contribution in [-0.2, 0) is 11.2 Å². The lowest BCUT2D eigenvalue weighted by molar-refractivity contribution is 0.401. The number of aromatic hydroxyl groups is 2. The Morgan fingerprint density at radius 3 is 2.44 bits per heavy atom. The molecule has 1 unspecified atom stereocenters. The molecule has 1 atom stereocenters. The summed E-state index contributed by atoms with van der Waals surface area (Å²) in [6.07, 6.45) is 0.899. The van der Waals surface area contributed by atoms with Gasteiger partial charge in [0, 0.05) is 6.42 Å². The van der Waals surface area contributed by atoms with Crippen molar-refractivity contribution in [2.75, 3.05) is 6.61 Å². The van der Waals surface area contributed by atoms with Crippen molar-refractivity contribution in [3.8, 4) is 22.6 Å². The molecule has 1 aliphatic rings. The number of phenolic OH excluding ortho intramolecular Hbond substituents is 2. The molecule has 3 rings (SSSR count). The van der Waals surface area contributed by atoms with E-state index in [9.17, 15) is 10.2 Å². The Kier molecular flexibility index (Phi) is 2.68. The molecule has 1 saturated heterocycles. The second kappa shape index (κ2) is 4.35. The van der Waals surface area contributed by atoms with Crippen LogP contribution in [0.15, 0.2) is 42.5 Å². The van der Waals surface area contributed by atoms with Crippen LogP contribution in [0.3, 0.4) is 0 Å². The fourth-order valence-electron chi connectivity index (χ4n) is 2.11. The summed E-state index contributed by atoms with van der Waals surface area (Å²) < 4.78 is 5.17. The van der Waals surface area contributed by atoms with Crippen LogP contribution in [0.25, 0.3) is 11.1 Å². The summed E-state index contributed by atoms with van der Waals surface area (Å²) >= 11 is 0. The standard InChI is InChI=1S/C15H14O3/c16-13-7-6-11(8-12-9-18-12)15(17)14(13)10-4-2-1-3-5-10/h1-7,12,16-17H,8-9H2. The minimum Gasteiger partial charge on any atom is -0.507 e. The van der Waals surface area contributed by atoms with Crippen LogP contribution in [0.2, 0.25) is 0 Å². The van der Waals surface area contributed by atoms with E-state index in [-0.39, 0.29) is 17.6 Å². The van der Waals surface area contributed by atoms with Gasteiger partial charge in [-0.2, -0.15) is 0 Å². The molecule has 0 saturated carbocycles. The van der Waals surface area contributed by atoms with Gasteiger partial charge in [-0.25, -0.2) is 0 Å². The van der Waals surface area contributed by atoms with E-state index in [1.807, 2.05) is 30.3 Å². The minimum atomic E-state index is 0.0964. The predicted molar refractivity (Wildman–Crippen MR) is 68.7 cm³/mol. The Hall–Kier alpha value is -2.00. The second-order valence-corrected chi connectivity index (χ2v) is 4.49. The maximum Gasteiger partial charge on any atom is 0.130 e. The molecular formula is C15H14O3. The van der Waals surface area contributed by atoms with Gasteiger partial charge < -0.3 is 14.9 Å². The van der Waals surface area contributed by atoms with Crippen molar-refractivity contribution < 1.29 is 14.9 Å². The van der Waals surface area contributed by atoms with Crippen molar-refractivity contribution in [2.45, 2.75) is 12.5 Å². The van der Waals surface area contributed by atoms with Gasteiger partial charge in [-0.1, -0.05) is 36.4 Å². The van der Waals surface area contributed by atoms with Crippen molar-refractivity contribution >= 4 is 0 Å². The molecule has 1 fully saturated rings. The normalized spacial score (nSPS) is 17.7. The zero-order valence-electron chi connectivity index (χ0n) is 9.84. The highest BCUT2D eigenvalue weighted by molar-refractivity contribution is 5.77. The van der Waals surface area contributed by atoms with Gasteiger partial charge in [0.25, 0.3) is 0 Å². The molecule has 0 radical (unpaired) electrons. The van der Waals surface area contributed by atoms with E-state index in [0.717, 1.165) is 17.7 Å². The predicted octanol–water partition coefficient (Wildman–Crippen LogP) is 2.71. The van der Waals surface area contributed by atoms with Crippen LogP contribution in [0, 0.1) is 0 Å². The van der Waals surface area contributed by atoms with Crippen LogP contribution >= 0.6 is 0 Å². The molecule has 0 spiro atoms. The highest BCUT2D eigenvalue weighted by atomic mass is 16.6. The number of hydrogen-bond acceptors (Lipinski definition) is 3. The van der Waals surface area contributed by atoms with E-state index in [2.05, 4.69) is 0 Å². The van der Waals surface area contributed by atoms with Gasteiger partial charge >= 0.3 is 0 Å². The van der Waals surface area contributed by atoms with E-state index < -0.39 is 0 Å². The Morgan fingerprint density at radius 2 is 1.78 bits per heavy atom. The molecule has 0 aliphatic carbocycles. The summed E-state index contributed by atoms with van der Waals surface area (Å²) in [5, 5.41) is 20.2. The maximum absolute atomic E-state index is 10.3. The summed E-state index contributed by atoms with van der Waals surface area (Å²) in [4.78, 5) is 0. The third-order valence-electron chi connectivity index (χ3n) is 3.15. The van der Waals surface area contributed by atoms with Crippen LogP contribution in [-0.4, -0.2) is 22.9 Å². The number of hydrogen-bond donors (Lipinski definition) is 2. The summed E-state index contributed by atoms with van der Waals surface area (Å²) in [7, 11) is 0. The van der Waals surface area contributed by atoms with Gasteiger partial charge in [0.2, 0.25) is 0 Å².